The summed E-state index contributed by atoms with van der Waals surface area (Å²) in [4.78, 5) is 11.2. The molecule has 17 heavy (non-hydrogen) atoms. The molecule has 0 aromatic carbocycles. The van der Waals surface area contributed by atoms with Crippen molar-refractivity contribution < 1.29 is 29.2 Å². The van der Waals surface area contributed by atoms with Crippen LogP contribution in [0.15, 0.2) is 0 Å². The Bertz CT molecular complexity index is 265. The minimum absolute atomic E-state index is 0.128. The van der Waals surface area contributed by atoms with Gasteiger partial charge in [0.25, 0.3) is 0 Å². The molecule has 1 heterocycles. The molecule has 6 heteroatoms. The zero-order valence-corrected chi connectivity index (χ0v) is 10.4. The first-order valence-corrected chi connectivity index (χ1v) is 5.70. The summed E-state index contributed by atoms with van der Waals surface area (Å²) in [6.07, 6.45) is -2.95. The summed E-state index contributed by atoms with van der Waals surface area (Å²) in [6, 6.07) is 0. The second-order valence-electron chi connectivity index (χ2n) is 4.45. The fourth-order valence-electron chi connectivity index (χ4n) is 1.66. The molecule has 0 spiro atoms. The smallest absolute Gasteiger partial charge is 0.337 e. The van der Waals surface area contributed by atoms with E-state index >= 15 is 0 Å². The number of aliphatic hydroxyl groups excluding tert-OH is 2. The summed E-state index contributed by atoms with van der Waals surface area (Å²) in [5.74, 6) is -1.50. The van der Waals surface area contributed by atoms with Crippen LogP contribution in [0.1, 0.15) is 27.2 Å². The van der Waals surface area contributed by atoms with Crippen molar-refractivity contribution in [2.24, 2.45) is 0 Å². The summed E-state index contributed by atoms with van der Waals surface area (Å²) in [6.45, 7) is 5.66. The minimum atomic E-state index is -1.54. The number of carbonyl (C=O) groups is 1. The Morgan fingerprint density at radius 2 is 2.18 bits per heavy atom. The molecule has 0 radical (unpaired) electrons. The summed E-state index contributed by atoms with van der Waals surface area (Å²) in [5, 5.41) is 19.1. The van der Waals surface area contributed by atoms with E-state index < -0.39 is 24.0 Å². The summed E-state index contributed by atoms with van der Waals surface area (Å²) in [7, 11) is 0. The van der Waals surface area contributed by atoms with Gasteiger partial charge in [-0.25, -0.2) is 4.79 Å². The van der Waals surface area contributed by atoms with Crippen molar-refractivity contribution in [3.05, 3.63) is 0 Å². The number of esters is 1. The Morgan fingerprint density at radius 3 is 2.65 bits per heavy atom. The lowest BCUT2D eigenvalue weighted by Crippen LogP contribution is -2.38. The van der Waals surface area contributed by atoms with Gasteiger partial charge in [-0.15, -0.1) is 0 Å². The molecule has 1 aliphatic heterocycles. The van der Waals surface area contributed by atoms with Gasteiger partial charge in [0.1, 0.15) is 0 Å². The molecule has 100 valence electrons. The first-order chi connectivity index (χ1) is 7.85. The van der Waals surface area contributed by atoms with Gasteiger partial charge in [0.15, 0.2) is 11.9 Å². The SMILES string of the molecule is CCOC(=O)[C@@H](O)[C@H](O)C[C@H]1COC(C)(C)O1. The first-order valence-electron chi connectivity index (χ1n) is 5.70. The molecule has 0 bridgehead atoms. The number of aliphatic hydroxyl groups is 2. The van der Waals surface area contributed by atoms with Crippen molar-refractivity contribution in [3.63, 3.8) is 0 Å². The largest absolute Gasteiger partial charge is 0.464 e. The van der Waals surface area contributed by atoms with Gasteiger partial charge in [-0.3, -0.25) is 0 Å². The Morgan fingerprint density at radius 1 is 1.53 bits per heavy atom. The van der Waals surface area contributed by atoms with Crippen LogP contribution in [0.2, 0.25) is 0 Å². The normalized spacial score (nSPS) is 26.5. The van der Waals surface area contributed by atoms with Crippen LogP contribution in [0.25, 0.3) is 0 Å². The molecular formula is C11H20O6. The number of hydrogen-bond acceptors (Lipinski definition) is 6. The third-order valence-corrected chi connectivity index (χ3v) is 2.46. The fourth-order valence-corrected chi connectivity index (χ4v) is 1.66. The average Bonchev–Trinajstić information content (AvgIpc) is 2.57. The molecule has 0 aliphatic carbocycles. The maximum Gasteiger partial charge on any atom is 0.337 e. The fraction of sp³-hybridized carbons (Fsp3) is 0.909. The molecule has 1 aliphatic rings. The minimum Gasteiger partial charge on any atom is -0.464 e. The molecular weight excluding hydrogens is 228 g/mol. The number of hydrogen-bond donors (Lipinski definition) is 2. The molecule has 0 saturated carbocycles. The second kappa shape index (κ2) is 5.77. The summed E-state index contributed by atoms with van der Waals surface area (Å²) < 4.78 is 15.4. The van der Waals surface area contributed by atoms with E-state index in [-0.39, 0.29) is 19.1 Å². The zero-order chi connectivity index (χ0) is 13.1. The van der Waals surface area contributed by atoms with Crippen molar-refractivity contribution in [3.8, 4) is 0 Å². The number of ether oxygens (including phenoxy) is 3. The Kier molecular flexibility index (Phi) is 4.88. The van der Waals surface area contributed by atoms with Crippen LogP contribution in [0.4, 0.5) is 0 Å². The molecule has 1 rings (SSSR count). The molecule has 3 atom stereocenters. The van der Waals surface area contributed by atoms with E-state index in [1.165, 1.54) is 0 Å². The van der Waals surface area contributed by atoms with Gasteiger partial charge >= 0.3 is 5.97 Å². The van der Waals surface area contributed by atoms with Gasteiger partial charge < -0.3 is 24.4 Å². The van der Waals surface area contributed by atoms with E-state index in [9.17, 15) is 15.0 Å². The lowest BCUT2D eigenvalue weighted by Gasteiger charge is -2.20. The van der Waals surface area contributed by atoms with Crippen LogP contribution >= 0.6 is 0 Å². The molecule has 0 aromatic rings. The lowest BCUT2D eigenvalue weighted by atomic mass is 10.1. The van der Waals surface area contributed by atoms with Crippen molar-refractivity contribution in [1.82, 2.24) is 0 Å². The van der Waals surface area contributed by atoms with Crippen molar-refractivity contribution in [2.45, 2.75) is 51.3 Å². The van der Waals surface area contributed by atoms with Crippen molar-refractivity contribution in [1.29, 1.82) is 0 Å². The lowest BCUT2D eigenvalue weighted by molar-refractivity contribution is -0.162. The zero-order valence-electron chi connectivity index (χ0n) is 10.4. The van der Waals surface area contributed by atoms with Crippen LogP contribution in [0.5, 0.6) is 0 Å². The van der Waals surface area contributed by atoms with Crippen LogP contribution < -0.4 is 0 Å². The van der Waals surface area contributed by atoms with Gasteiger partial charge in [-0.2, -0.15) is 0 Å². The van der Waals surface area contributed by atoms with Gasteiger partial charge in [0.05, 0.1) is 25.4 Å². The molecule has 1 fully saturated rings. The number of rotatable bonds is 5. The van der Waals surface area contributed by atoms with E-state index in [2.05, 4.69) is 4.74 Å². The first kappa shape index (κ1) is 14.4. The Balaban J connectivity index is 2.39. The molecule has 0 aromatic heterocycles. The predicted octanol–water partition coefficient (Wildman–Crippen LogP) is -0.187. The predicted molar refractivity (Wildman–Crippen MR) is 58.2 cm³/mol. The highest BCUT2D eigenvalue weighted by atomic mass is 16.7. The maximum absolute atomic E-state index is 11.2. The summed E-state index contributed by atoms with van der Waals surface area (Å²) in [5.41, 5.74) is 0. The van der Waals surface area contributed by atoms with E-state index in [1.54, 1.807) is 20.8 Å². The highest BCUT2D eigenvalue weighted by molar-refractivity contribution is 5.75. The summed E-state index contributed by atoms with van der Waals surface area (Å²) >= 11 is 0. The second-order valence-corrected chi connectivity index (χ2v) is 4.45. The van der Waals surface area contributed by atoms with Crippen LogP contribution in [-0.4, -0.2) is 53.5 Å². The maximum atomic E-state index is 11.2. The van der Waals surface area contributed by atoms with E-state index in [4.69, 9.17) is 9.47 Å². The van der Waals surface area contributed by atoms with E-state index in [0.29, 0.717) is 6.61 Å². The van der Waals surface area contributed by atoms with Gasteiger partial charge in [0, 0.05) is 6.42 Å². The van der Waals surface area contributed by atoms with Crippen LogP contribution in [0, 0.1) is 0 Å². The molecule has 2 N–H and O–H groups in total. The van der Waals surface area contributed by atoms with Gasteiger partial charge in [-0.05, 0) is 20.8 Å². The van der Waals surface area contributed by atoms with Gasteiger partial charge in [-0.1, -0.05) is 0 Å². The monoisotopic (exact) mass is 248 g/mol. The van der Waals surface area contributed by atoms with Crippen molar-refractivity contribution in [2.75, 3.05) is 13.2 Å². The van der Waals surface area contributed by atoms with Gasteiger partial charge in [0.2, 0.25) is 0 Å². The molecule has 6 nitrogen and oxygen atoms in total. The molecule has 0 amide bonds. The number of carbonyl (C=O) groups excluding carboxylic acids is 1. The quantitative estimate of drug-likeness (QED) is 0.656. The molecule has 1 saturated heterocycles. The van der Waals surface area contributed by atoms with E-state index in [1.807, 2.05) is 0 Å². The molecule has 0 unspecified atom stereocenters. The highest BCUT2D eigenvalue weighted by Crippen LogP contribution is 2.25. The third-order valence-electron chi connectivity index (χ3n) is 2.46. The Labute approximate surface area is 100 Å². The topological polar surface area (TPSA) is 85.2 Å². The standard InChI is InChI=1S/C11H20O6/c1-4-15-10(14)9(13)8(12)5-7-6-16-11(2,3)17-7/h7-9,12-13H,4-6H2,1-3H3/t7-,8+,9-/m0/s1. The average molecular weight is 248 g/mol. The third kappa shape index (κ3) is 4.23. The van der Waals surface area contributed by atoms with Crippen LogP contribution in [-0.2, 0) is 19.0 Å². The highest BCUT2D eigenvalue weighted by Gasteiger charge is 2.36. The van der Waals surface area contributed by atoms with Crippen molar-refractivity contribution >= 4 is 5.97 Å². The van der Waals surface area contributed by atoms with Crippen LogP contribution in [0.3, 0.4) is 0 Å². The van der Waals surface area contributed by atoms with E-state index in [0.717, 1.165) is 0 Å². The Hall–Kier alpha value is -0.690.